The molecule has 2 aliphatic heterocycles. The lowest BCUT2D eigenvalue weighted by atomic mass is 9.97. The van der Waals surface area contributed by atoms with Crippen molar-refractivity contribution in [2.45, 2.75) is 56.9 Å². The van der Waals surface area contributed by atoms with Gasteiger partial charge in [-0.05, 0) is 43.9 Å². The summed E-state index contributed by atoms with van der Waals surface area (Å²) in [5.74, 6) is 0.199. The molecule has 1 saturated heterocycles. The second-order valence-electron chi connectivity index (χ2n) is 8.06. The number of hydrogen-bond acceptors (Lipinski definition) is 4. The van der Waals surface area contributed by atoms with Crippen LogP contribution in [0.15, 0.2) is 24.3 Å². The molecule has 10 heteroatoms. The van der Waals surface area contributed by atoms with E-state index in [1.54, 1.807) is 29.2 Å². The SMILES string of the molecule is COc1ccc([C@@H]2C[C@@H](C(F)(F)F)n3nc(C(=O)N4CCCC[C@@H]4C)c(Cl)c3N2)cc1. The molecule has 2 aromatic rings. The fourth-order valence-corrected chi connectivity index (χ4v) is 4.58. The zero-order chi connectivity index (χ0) is 22.3. The maximum absolute atomic E-state index is 13.9. The maximum Gasteiger partial charge on any atom is 0.410 e. The van der Waals surface area contributed by atoms with Gasteiger partial charge in [0.1, 0.15) is 16.6 Å². The summed E-state index contributed by atoms with van der Waals surface area (Å²) in [6, 6.07) is 4.27. The van der Waals surface area contributed by atoms with Gasteiger partial charge < -0.3 is 15.0 Å². The molecule has 0 bridgehead atoms. The van der Waals surface area contributed by atoms with Gasteiger partial charge >= 0.3 is 6.18 Å². The zero-order valence-electron chi connectivity index (χ0n) is 17.2. The van der Waals surface area contributed by atoms with Gasteiger partial charge in [0.2, 0.25) is 0 Å². The minimum atomic E-state index is -4.55. The topological polar surface area (TPSA) is 59.4 Å². The highest BCUT2D eigenvalue weighted by Gasteiger charge is 2.48. The molecular weight excluding hydrogens is 433 g/mol. The number of hydrogen-bond donors (Lipinski definition) is 1. The number of fused-ring (bicyclic) bond motifs is 1. The van der Waals surface area contributed by atoms with Gasteiger partial charge in [-0.25, -0.2) is 4.68 Å². The number of aromatic nitrogens is 2. The first-order valence-electron chi connectivity index (χ1n) is 10.3. The number of amides is 1. The number of benzene rings is 1. The summed E-state index contributed by atoms with van der Waals surface area (Å²) in [6.45, 7) is 2.47. The fraction of sp³-hybridized carbons (Fsp3) is 0.524. The number of carbonyl (C=O) groups is 1. The third-order valence-corrected chi connectivity index (χ3v) is 6.44. The molecule has 0 spiro atoms. The molecule has 31 heavy (non-hydrogen) atoms. The Morgan fingerprint density at radius 2 is 1.97 bits per heavy atom. The molecule has 1 amide bonds. The summed E-state index contributed by atoms with van der Waals surface area (Å²) in [5, 5.41) is 7.05. The van der Waals surface area contributed by atoms with Gasteiger partial charge in [0, 0.05) is 19.0 Å². The van der Waals surface area contributed by atoms with Crippen LogP contribution in [-0.2, 0) is 0 Å². The number of ether oxygens (including phenoxy) is 1. The molecule has 1 fully saturated rings. The first-order valence-corrected chi connectivity index (χ1v) is 10.6. The minimum absolute atomic E-state index is 0.00513. The summed E-state index contributed by atoms with van der Waals surface area (Å²) in [7, 11) is 1.52. The van der Waals surface area contributed by atoms with Crippen molar-refractivity contribution >= 4 is 23.3 Å². The standard InChI is InChI=1S/C21H24ClF3N4O2/c1-12-5-3-4-10-28(12)20(30)18-17(22)19-26-15(13-6-8-14(31-2)9-7-13)11-16(21(23,24)25)29(19)27-18/h6-9,12,15-16,26H,3-5,10-11H2,1-2H3/t12-,15-,16-/m0/s1. The summed E-state index contributed by atoms with van der Waals surface area (Å²) in [5.41, 5.74) is 0.527. The second kappa shape index (κ2) is 8.26. The van der Waals surface area contributed by atoms with Crippen molar-refractivity contribution in [1.29, 1.82) is 0 Å². The van der Waals surface area contributed by atoms with Crippen LogP contribution in [0.3, 0.4) is 0 Å². The highest BCUT2D eigenvalue weighted by Crippen LogP contribution is 2.46. The molecule has 3 atom stereocenters. The summed E-state index contributed by atoms with van der Waals surface area (Å²) >= 11 is 6.44. The number of nitrogens with one attached hydrogen (secondary N) is 1. The Bertz CT molecular complexity index is 961. The van der Waals surface area contributed by atoms with Crippen molar-refractivity contribution in [2.75, 3.05) is 19.0 Å². The van der Waals surface area contributed by atoms with Crippen LogP contribution in [0.4, 0.5) is 19.0 Å². The van der Waals surface area contributed by atoms with Crippen LogP contribution in [-0.4, -0.2) is 46.5 Å². The third kappa shape index (κ3) is 4.07. The van der Waals surface area contributed by atoms with Crippen molar-refractivity contribution in [2.24, 2.45) is 0 Å². The molecule has 0 radical (unpaired) electrons. The average Bonchev–Trinajstić information content (AvgIpc) is 3.09. The van der Waals surface area contributed by atoms with Gasteiger partial charge in [-0.2, -0.15) is 18.3 Å². The van der Waals surface area contributed by atoms with Gasteiger partial charge in [-0.3, -0.25) is 4.79 Å². The van der Waals surface area contributed by atoms with E-state index in [2.05, 4.69) is 10.4 Å². The second-order valence-corrected chi connectivity index (χ2v) is 8.44. The van der Waals surface area contributed by atoms with E-state index in [0.717, 1.165) is 23.9 Å². The van der Waals surface area contributed by atoms with Crippen molar-refractivity contribution in [3.05, 3.63) is 40.5 Å². The number of anilines is 1. The van der Waals surface area contributed by atoms with Crippen LogP contribution >= 0.6 is 11.6 Å². The maximum atomic E-state index is 13.9. The lowest BCUT2D eigenvalue weighted by Crippen LogP contribution is -2.42. The molecule has 0 unspecified atom stereocenters. The number of piperidine rings is 1. The van der Waals surface area contributed by atoms with E-state index in [9.17, 15) is 18.0 Å². The highest BCUT2D eigenvalue weighted by atomic mass is 35.5. The van der Waals surface area contributed by atoms with Crippen molar-refractivity contribution in [1.82, 2.24) is 14.7 Å². The molecule has 168 valence electrons. The Balaban J connectivity index is 1.71. The van der Waals surface area contributed by atoms with Crippen LogP contribution < -0.4 is 10.1 Å². The molecule has 0 aliphatic carbocycles. The van der Waals surface area contributed by atoms with Crippen LogP contribution in [0.5, 0.6) is 5.75 Å². The quantitative estimate of drug-likeness (QED) is 0.688. The number of nitrogens with zero attached hydrogens (tertiary/aromatic N) is 3. The van der Waals surface area contributed by atoms with Gasteiger partial charge in [0.05, 0.1) is 13.2 Å². The minimum Gasteiger partial charge on any atom is -0.497 e. The van der Waals surface area contributed by atoms with Crippen molar-refractivity contribution in [3.8, 4) is 5.75 Å². The summed E-state index contributed by atoms with van der Waals surface area (Å²) < 4.78 is 47.8. The van der Waals surface area contributed by atoms with Crippen LogP contribution in [0.25, 0.3) is 0 Å². The highest BCUT2D eigenvalue weighted by molar-refractivity contribution is 6.36. The first kappa shape index (κ1) is 21.8. The van der Waals surface area contributed by atoms with E-state index < -0.39 is 24.2 Å². The first-order chi connectivity index (χ1) is 14.7. The Morgan fingerprint density at radius 1 is 1.26 bits per heavy atom. The van der Waals surface area contributed by atoms with E-state index in [4.69, 9.17) is 16.3 Å². The fourth-order valence-electron chi connectivity index (χ4n) is 4.32. The summed E-state index contributed by atoms with van der Waals surface area (Å²) in [6.07, 6.45) is -2.10. The Kier molecular flexibility index (Phi) is 5.81. The molecule has 0 saturated carbocycles. The number of rotatable bonds is 3. The Morgan fingerprint density at radius 3 is 2.58 bits per heavy atom. The van der Waals surface area contributed by atoms with E-state index in [0.29, 0.717) is 17.9 Å². The number of alkyl halides is 3. The predicted molar refractivity (Wildman–Crippen MR) is 111 cm³/mol. The predicted octanol–water partition coefficient (Wildman–Crippen LogP) is 5.22. The number of likely N-dealkylation sites (tertiary alicyclic amines) is 1. The van der Waals surface area contributed by atoms with E-state index in [1.165, 1.54) is 7.11 Å². The van der Waals surface area contributed by atoms with Gasteiger partial charge in [-0.1, -0.05) is 23.7 Å². The van der Waals surface area contributed by atoms with Crippen LogP contribution in [0, 0.1) is 0 Å². The normalized spacial score (nSPS) is 23.8. The van der Waals surface area contributed by atoms with Gasteiger partial charge in [0.25, 0.3) is 5.91 Å². The van der Waals surface area contributed by atoms with E-state index in [-0.39, 0.29) is 29.0 Å². The van der Waals surface area contributed by atoms with Crippen LogP contribution in [0.2, 0.25) is 5.02 Å². The van der Waals surface area contributed by atoms with Crippen LogP contribution in [0.1, 0.15) is 60.7 Å². The number of halogens is 4. The number of methoxy groups -OCH3 is 1. The molecule has 1 aromatic heterocycles. The average molecular weight is 457 g/mol. The largest absolute Gasteiger partial charge is 0.497 e. The monoisotopic (exact) mass is 456 g/mol. The molecule has 2 aliphatic rings. The number of carbonyl (C=O) groups excluding carboxylic acids is 1. The molecule has 6 nitrogen and oxygen atoms in total. The van der Waals surface area contributed by atoms with Crippen molar-refractivity contribution in [3.63, 3.8) is 0 Å². The third-order valence-electron chi connectivity index (χ3n) is 6.08. The molecule has 1 N–H and O–H groups in total. The van der Waals surface area contributed by atoms with E-state index in [1.807, 2.05) is 6.92 Å². The molecular formula is C21H24ClF3N4O2. The Hall–Kier alpha value is -2.42. The summed E-state index contributed by atoms with van der Waals surface area (Å²) in [4.78, 5) is 14.7. The van der Waals surface area contributed by atoms with E-state index >= 15 is 0 Å². The molecule has 4 rings (SSSR count). The smallest absolute Gasteiger partial charge is 0.410 e. The zero-order valence-corrected chi connectivity index (χ0v) is 18.0. The lowest BCUT2D eigenvalue weighted by Gasteiger charge is -2.33. The Labute approximate surface area is 183 Å². The molecule has 1 aromatic carbocycles. The van der Waals surface area contributed by atoms with Crippen molar-refractivity contribution < 1.29 is 22.7 Å². The lowest BCUT2D eigenvalue weighted by molar-refractivity contribution is -0.173. The van der Waals surface area contributed by atoms with Gasteiger partial charge in [0.15, 0.2) is 11.7 Å². The van der Waals surface area contributed by atoms with Gasteiger partial charge in [-0.15, -0.1) is 0 Å². The molecule has 3 heterocycles.